The SMILES string of the molecule is CN=C(NCCc1cccc(F)c1)NC1CCCCC1.I. The van der Waals surface area contributed by atoms with Gasteiger partial charge in [-0.1, -0.05) is 31.4 Å². The molecule has 1 saturated carbocycles. The van der Waals surface area contributed by atoms with E-state index in [1.54, 1.807) is 19.2 Å². The van der Waals surface area contributed by atoms with E-state index in [0.29, 0.717) is 6.04 Å². The molecule has 1 aliphatic carbocycles. The number of guanidine groups is 1. The Bertz CT molecular complexity index is 445. The van der Waals surface area contributed by atoms with Crippen LogP contribution in [0.3, 0.4) is 0 Å². The van der Waals surface area contributed by atoms with Gasteiger partial charge in [0.25, 0.3) is 0 Å². The molecule has 21 heavy (non-hydrogen) atoms. The standard InChI is InChI=1S/C16H24FN3.HI/c1-18-16(20-15-8-3-2-4-9-15)19-11-10-13-6-5-7-14(17)12-13;/h5-7,12,15H,2-4,8-11H2,1H3,(H2,18,19,20);1H. The number of nitrogens with one attached hydrogen (secondary N) is 2. The van der Waals surface area contributed by atoms with Crippen LogP contribution in [-0.4, -0.2) is 25.6 Å². The third kappa shape index (κ3) is 6.63. The highest BCUT2D eigenvalue weighted by Gasteiger charge is 2.14. The first kappa shape index (κ1) is 18.2. The molecular formula is C16H25FIN3. The van der Waals surface area contributed by atoms with Gasteiger partial charge < -0.3 is 10.6 Å². The highest BCUT2D eigenvalue weighted by molar-refractivity contribution is 14.0. The molecule has 1 aliphatic rings. The number of hydrogen-bond acceptors (Lipinski definition) is 1. The predicted molar refractivity (Wildman–Crippen MR) is 96.9 cm³/mol. The van der Waals surface area contributed by atoms with Crippen LogP contribution in [0.15, 0.2) is 29.3 Å². The Morgan fingerprint density at radius 3 is 2.71 bits per heavy atom. The smallest absolute Gasteiger partial charge is 0.191 e. The van der Waals surface area contributed by atoms with E-state index in [1.807, 2.05) is 6.07 Å². The zero-order valence-corrected chi connectivity index (χ0v) is 14.9. The lowest BCUT2D eigenvalue weighted by molar-refractivity contribution is 0.410. The molecule has 2 N–H and O–H groups in total. The van der Waals surface area contributed by atoms with Crippen molar-refractivity contribution in [1.82, 2.24) is 10.6 Å². The van der Waals surface area contributed by atoms with Gasteiger partial charge in [0.1, 0.15) is 5.82 Å². The number of aliphatic imine (C=N–C) groups is 1. The van der Waals surface area contributed by atoms with Gasteiger partial charge in [-0.3, -0.25) is 4.99 Å². The van der Waals surface area contributed by atoms with Crippen molar-refractivity contribution >= 4 is 29.9 Å². The zero-order valence-electron chi connectivity index (χ0n) is 12.6. The molecule has 118 valence electrons. The van der Waals surface area contributed by atoms with Crippen LogP contribution in [0.1, 0.15) is 37.7 Å². The predicted octanol–water partition coefficient (Wildman–Crippen LogP) is 3.48. The summed E-state index contributed by atoms with van der Waals surface area (Å²) in [6, 6.07) is 7.30. The summed E-state index contributed by atoms with van der Waals surface area (Å²) in [6.45, 7) is 0.760. The maximum atomic E-state index is 13.1. The van der Waals surface area contributed by atoms with Crippen LogP contribution in [0.5, 0.6) is 0 Å². The van der Waals surface area contributed by atoms with Crippen molar-refractivity contribution in [3.8, 4) is 0 Å². The number of benzene rings is 1. The summed E-state index contributed by atoms with van der Waals surface area (Å²) in [6.07, 6.45) is 7.21. The van der Waals surface area contributed by atoms with Crippen LogP contribution in [0.4, 0.5) is 4.39 Å². The van der Waals surface area contributed by atoms with E-state index in [2.05, 4.69) is 15.6 Å². The van der Waals surface area contributed by atoms with Gasteiger partial charge in [-0.25, -0.2) is 4.39 Å². The van der Waals surface area contributed by atoms with Gasteiger partial charge in [0.2, 0.25) is 0 Å². The monoisotopic (exact) mass is 405 g/mol. The zero-order chi connectivity index (χ0) is 14.2. The van der Waals surface area contributed by atoms with Crippen LogP contribution in [0.2, 0.25) is 0 Å². The van der Waals surface area contributed by atoms with Crippen molar-refractivity contribution in [2.45, 2.75) is 44.6 Å². The summed E-state index contributed by atoms with van der Waals surface area (Å²) in [4.78, 5) is 4.25. The maximum absolute atomic E-state index is 13.1. The Balaban J connectivity index is 0.00000220. The summed E-state index contributed by atoms with van der Waals surface area (Å²) < 4.78 is 13.1. The molecule has 0 heterocycles. The first-order chi connectivity index (χ1) is 9.78. The molecule has 1 fully saturated rings. The average molecular weight is 405 g/mol. The molecule has 0 bridgehead atoms. The Morgan fingerprint density at radius 1 is 1.29 bits per heavy atom. The number of nitrogens with zero attached hydrogens (tertiary/aromatic N) is 1. The Kier molecular flexibility index (Phi) is 8.64. The normalized spacial score (nSPS) is 16.2. The van der Waals surface area contributed by atoms with E-state index in [0.717, 1.165) is 24.5 Å². The maximum Gasteiger partial charge on any atom is 0.191 e. The third-order valence-corrected chi connectivity index (χ3v) is 3.76. The van der Waals surface area contributed by atoms with Gasteiger partial charge in [-0.2, -0.15) is 0 Å². The Morgan fingerprint density at radius 2 is 2.05 bits per heavy atom. The summed E-state index contributed by atoms with van der Waals surface area (Å²) in [5.41, 5.74) is 1.01. The quantitative estimate of drug-likeness (QED) is 0.457. The van der Waals surface area contributed by atoms with Gasteiger partial charge >= 0.3 is 0 Å². The molecule has 1 aromatic rings. The molecule has 0 aliphatic heterocycles. The van der Waals surface area contributed by atoms with Gasteiger partial charge in [0.05, 0.1) is 0 Å². The molecule has 2 rings (SSSR count). The Hall–Kier alpha value is -0.850. The van der Waals surface area contributed by atoms with Crippen molar-refractivity contribution in [3.05, 3.63) is 35.6 Å². The lowest BCUT2D eigenvalue weighted by Crippen LogP contribution is -2.44. The molecule has 0 atom stereocenters. The van der Waals surface area contributed by atoms with Gasteiger partial charge in [-0.15, -0.1) is 24.0 Å². The fourth-order valence-corrected chi connectivity index (χ4v) is 2.65. The first-order valence-electron chi connectivity index (χ1n) is 7.49. The van der Waals surface area contributed by atoms with Crippen LogP contribution in [0.25, 0.3) is 0 Å². The van der Waals surface area contributed by atoms with E-state index >= 15 is 0 Å². The van der Waals surface area contributed by atoms with E-state index in [4.69, 9.17) is 0 Å². The van der Waals surface area contributed by atoms with E-state index in [-0.39, 0.29) is 29.8 Å². The molecule has 3 nitrogen and oxygen atoms in total. The van der Waals surface area contributed by atoms with Gasteiger partial charge in [0.15, 0.2) is 5.96 Å². The summed E-state index contributed by atoms with van der Waals surface area (Å²) >= 11 is 0. The molecule has 0 aromatic heterocycles. The molecule has 0 radical (unpaired) electrons. The Labute approximate surface area is 143 Å². The molecular weight excluding hydrogens is 380 g/mol. The van der Waals surface area contributed by atoms with Crippen molar-refractivity contribution in [1.29, 1.82) is 0 Å². The summed E-state index contributed by atoms with van der Waals surface area (Å²) in [7, 11) is 1.79. The minimum Gasteiger partial charge on any atom is -0.356 e. The molecule has 0 unspecified atom stereocenters. The molecule has 0 spiro atoms. The summed E-state index contributed by atoms with van der Waals surface area (Å²) in [5, 5.41) is 6.77. The second-order valence-corrected chi connectivity index (χ2v) is 5.36. The fourth-order valence-electron chi connectivity index (χ4n) is 2.65. The van der Waals surface area contributed by atoms with E-state index in [9.17, 15) is 4.39 Å². The highest BCUT2D eigenvalue weighted by Crippen LogP contribution is 2.17. The van der Waals surface area contributed by atoms with E-state index in [1.165, 1.54) is 38.2 Å². The lowest BCUT2D eigenvalue weighted by Gasteiger charge is -2.24. The second-order valence-electron chi connectivity index (χ2n) is 5.36. The van der Waals surface area contributed by atoms with Crippen LogP contribution in [0, 0.1) is 5.82 Å². The van der Waals surface area contributed by atoms with Crippen LogP contribution >= 0.6 is 24.0 Å². The van der Waals surface area contributed by atoms with E-state index < -0.39 is 0 Å². The van der Waals surface area contributed by atoms with Crippen molar-refractivity contribution in [3.63, 3.8) is 0 Å². The van der Waals surface area contributed by atoms with Crippen LogP contribution in [-0.2, 0) is 6.42 Å². The third-order valence-electron chi connectivity index (χ3n) is 3.76. The van der Waals surface area contributed by atoms with Crippen molar-refractivity contribution < 1.29 is 4.39 Å². The second kappa shape index (κ2) is 9.97. The largest absolute Gasteiger partial charge is 0.356 e. The van der Waals surface area contributed by atoms with Crippen molar-refractivity contribution in [2.75, 3.05) is 13.6 Å². The minimum atomic E-state index is -0.174. The van der Waals surface area contributed by atoms with Gasteiger partial charge in [0, 0.05) is 19.6 Å². The summed E-state index contributed by atoms with van der Waals surface area (Å²) in [5.74, 6) is 0.681. The number of rotatable bonds is 4. The minimum absolute atomic E-state index is 0. The lowest BCUT2D eigenvalue weighted by atomic mass is 9.96. The number of hydrogen-bond donors (Lipinski definition) is 2. The topological polar surface area (TPSA) is 36.4 Å². The molecule has 0 saturated heterocycles. The molecule has 5 heteroatoms. The number of halogens is 2. The molecule has 0 amide bonds. The van der Waals surface area contributed by atoms with Gasteiger partial charge in [-0.05, 0) is 37.0 Å². The van der Waals surface area contributed by atoms with Crippen molar-refractivity contribution in [2.24, 2.45) is 4.99 Å². The molecule has 1 aromatic carbocycles. The average Bonchev–Trinajstić information content (AvgIpc) is 2.47. The highest BCUT2D eigenvalue weighted by atomic mass is 127. The van der Waals surface area contributed by atoms with Crippen LogP contribution < -0.4 is 10.6 Å². The fraction of sp³-hybridized carbons (Fsp3) is 0.562. The first-order valence-corrected chi connectivity index (χ1v) is 7.49.